The van der Waals surface area contributed by atoms with Crippen LogP contribution in [0.2, 0.25) is 5.02 Å². The first-order valence-electron chi connectivity index (χ1n) is 6.27. The molecule has 1 aromatic carbocycles. The monoisotopic (exact) mass is 381 g/mol. The molecular formula is C14H6ClF6N3O. The van der Waals surface area contributed by atoms with Crippen LogP contribution < -0.4 is 11.3 Å². The Morgan fingerprint density at radius 3 is 1.96 bits per heavy atom. The van der Waals surface area contributed by atoms with Gasteiger partial charge in [-0.1, -0.05) is 11.6 Å². The molecule has 2 rings (SSSR count). The highest BCUT2D eigenvalue weighted by atomic mass is 35.5. The number of rotatable bonds is 1. The van der Waals surface area contributed by atoms with Crippen molar-refractivity contribution in [2.75, 3.05) is 5.73 Å². The van der Waals surface area contributed by atoms with Gasteiger partial charge in [0.2, 0.25) is 0 Å². The third-order valence-electron chi connectivity index (χ3n) is 3.12. The van der Waals surface area contributed by atoms with E-state index in [0.717, 1.165) is 0 Å². The Balaban J connectivity index is 2.80. The SMILES string of the molecule is N#Cc1cc(C(F)(F)F)cc(Cl)c1-n1c(N)cc(C(F)(F)F)cc1=O. The number of nitrogens with zero attached hydrogens (tertiary/aromatic N) is 2. The average Bonchev–Trinajstić information content (AvgIpc) is 2.45. The fraction of sp³-hybridized carbons (Fsp3) is 0.143. The number of aromatic nitrogens is 1. The Labute approximate surface area is 140 Å². The van der Waals surface area contributed by atoms with E-state index in [4.69, 9.17) is 22.6 Å². The molecule has 0 unspecified atom stereocenters. The second-order valence-electron chi connectivity index (χ2n) is 4.80. The lowest BCUT2D eigenvalue weighted by atomic mass is 10.1. The van der Waals surface area contributed by atoms with Gasteiger partial charge < -0.3 is 5.73 Å². The van der Waals surface area contributed by atoms with Crippen molar-refractivity contribution in [3.8, 4) is 11.8 Å². The normalized spacial score (nSPS) is 12.1. The van der Waals surface area contributed by atoms with Crippen LogP contribution >= 0.6 is 11.6 Å². The maximum Gasteiger partial charge on any atom is 0.416 e. The molecule has 132 valence electrons. The van der Waals surface area contributed by atoms with E-state index >= 15 is 0 Å². The number of nitrogens with two attached hydrogens (primary N) is 1. The van der Waals surface area contributed by atoms with Gasteiger partial charge in [-0.15, -0.1) is 0 Å². The lowest BCUT2D eigenvalue weighted by Crippen LogP contribution is -2.24. The molecule has 25 heavy (non-hydrogen) atoms. The molecule has 0 spiro atoms. The summed E-state index contributed by atoms with van der Waals surface area (Å²) in [6, 6.07) is 2.90. The van der Waals surface area contributed by atoms with Gasteiger partial charge >= 0.3 is 12.4 Å². The second-order valence-corrected chi connectivity index (χ2v) is 5.21. The fourth-order valence-electron chi connectivity index (χ4n) is 2.07. The van der Waals surface area contributed by atoms with E-state index in [1.54, 1.807) is 0 Å². The van der Waals surface area contributed by atoms with Crippen molar-refractivity contribution in [3.63, 3.8) is 0 Å². The van der Waals surface area contributed by atoms with Gasteiger partial charge in [-0.05, 0) is 18.2 Å². The number of hydrogen-bond donors (Lipinski definition) is 1. The van der Waals surface area contributed by atoms with E-state index in [0.29, 0.717) is 22.8 Å². The topological polar surface area (TPSA) is 71.8 Å². The first-order valence-corrected chi connectivity index (χ1v) is 6.65. The number of anilines is 1. The molecule has 0 aliphatic carbocycles. The molecule has 0 atom stereocenters. The van der Waals surface area contributed by atoms with Gasteiger partial charge in [-0.2, -0.15) is 31.6 Å². The summed E-state index contributed by atoms with van der Waals surface area (Å²) in [5.41, 5.74) is 0.339. The Hall–Kier alpha value is -2.67. The summed E-state index contributed by atoms with van der Waals surface area (Å²) in [6.07, 6.45) is -9.67. The van der Waals surface area contributed by atoms with Crippen molar-refractivity contribution >= 4 is 17.4 Å². The minimum absolute atomic E-state index is 0.200. The quantitative estimate of drug-likeness (QED) is 0.759. The van der Waals surface area contributed by atoms with Crippen molar-refractivity contribution in [1.29, 1.82) is 5.26 Å². The lowest BCUT2D eigenvalue weighted by molar-refractivity contribution is -0.138. The third-order valence-corrected chi connectivity index (χ3v) is 3.41. The van der Waals surface area contributed by atoms with Crippen LogP contribution in [0.25, 0.3) is 5.69 Å². The standard InChI is InChI=1S/C14H6ClF6N3O/c15-9-2-7(13(16,17)18)1-6(5-22)12(9)24-10(23)3-8(4-11(24)25)14(19,20)21/h1-4H,23H2. The smallest absolute Gasteiger partial charge is 0.385 e. The molecule has 0 fully saturated rings. The highest BCUT2D eigenvalue weighted by Crippen LogP contribution is 2.36. The second kappa shape index (κ2) is 6.00. The maximum atomic E-state index is 12.8. The summed E-state index contributed by atoms with van der Waals surface area (Å²) < 4.78 is 76.8. The molecule has 2 aromatic rings. The Bertz CT molecular complexity index is 940. The number of nitriles is 1. The molecule has 2 N–H and O–H groups in total. The number of pyridine rings is 1. The van der Waals surface area contributed by atoms with Gasteiger partial charge in [0.15, 0.2) is 0 Å². The summed E-state index contributed by atoms with van der Waals surface area (Å²) in [4.78, 5) is 12.0. The van der Waals surface area contributed by atoms with E-state index in [1.165, 1.54) is 6.07 Å². The van der Waals surface area contributed by atoms with E-state index in [2.05, 4.69) is 0 Å². The van der Waals surface area contributed by atoms with Crippen molar-refractivity contribution in [2.45, 2.75) is 12.4 Å². The molecular weight excluding hydrogens is 376 g/mol. The van der Waals surface area contributed by atoms with Gasteiger partial charge in [0.1, 0.15) is 11.9 Å². The van der Waals surface area contributed by atoms with Gasteiger partial charge in [0.05, 0.1) is 27.4 Å². The van der Waals surface area contributed by atoms with E-state index in [-0.39, 0.29) is 6.07 Å². The van der Waals surface area contributed by atoms with Gasteiger partial charge in [-0.25, -0.2) is 0 Å². The number of hydrogen-bond acceptors (Lipinski definition) is 3. The van der Waals surface area contributed by atoms with Gasteiger partial charge in [0, 0.05) is 6.07 Å². The Morgan fingerprint density at radius 2 is 1.52 bits per heavy atom. The van der Waals surface area contributed by atoms with Crippen LogP contribution in [-0.2, 0) is 12.4 Å². The zero-order valence-corrected chi connectivity index (χ0v) is 12.6. The van der Waals surface area contributed by atoms with Crippen LogP contribution in [0.1, 0.15) is 16.7 Å². The highest BCUT2D eigenvalue weighted by Gasteiger charge is 2.34. The first kappa shape index (κ1) is 18.7. The maximum absolute atomic E-state index is 12.8. The average molecular weight is 382 g/mol. The summed E-state index contributed by atoms with van der Waals surface area (Å²) in [5, 5.41) is 8.38. The molecule has 11 heteroatoms. The van der Waals surface area contributed by atoms with Crippen LogP contribution in [0, 0.1) is 11.3 Å². The molecule has 1 heterocycles. The number of halogens is 7. The molecule has 4 nitrogen and oxygen atoms in total. The van der Waals surface area contributed by atoms with Gasteiger partial charge in [0.25, 0.3) is 5.56 Å². The van der Waals surface area contributed by atoms with E-state index < -0.39 is 51.1 Å². The van der Waals surface area contributed by atoms with Crippen molar-refractivity contribution in [3.05, 3.63) is 56.3 Å². The molecule has 0 aliphatic rings. The van der Waals surface area contributed by atoms with Gasteiger partial charge in [-0.3, -0.25) is 9.36 Å². The van der Waals surface area contributed by atoms with Crippen LogP contribution in [0.3, 0.4) is 0 Å². The highest BCUT2D eigenvalue weighted by molar-refractivity contribution is 6.32. The Morgan fingerprint density at radius 1 is 1.00 bits per heavy atom. The largest absolute Gasteiger partial charge is 0.416 e. The minimum Gasteiger partial charge on any atom is -0.385 e. The van der Waals surface area contributed by atoms with E-state index in [9.17, 15) is 31.1 Å². The predicted octanol–water partition coefficient (Wildman–Crippen LogP) is 3.98. The molecule has 1 aromatic heterocycles. The van der Waals surface area contributed by atoms with Crippen LogP contribution in [0.4, 0.5) is 32.2 Å². The fourth-order valence-corrected chi connectivity index (χ4v) is 2.37. The molecule has 0 radical (unpaired) electrons. The number of nitrogen functional groups attached to an aromatic ring is 1. The summed E-state index contributed by atoms with van der Waals surface area (Å²) in [7, 11) is 0. The number of benzene rings is 1. The van der Waals surface area contributed by atoms with Crippen LogP contribution in [-0.4, -0.2) is 4.57 Å². The molecule has 0 amide bonds. The third kappa shape index (κ3) is 3.56. The van der Waals surface area contributed by atoms with Crippen LogP contribution in [0.5, 0.6) is 0 Å². The predicted molar refractivity (Wildman–Crippen MR) is 76.2 cm³/mol. The van der Waals surface area contributed by atoms with E-state index in [1.807, 2.05) is 0 Å². The summed E-state index contributed by atoms with van der Waals surface area (Å²) >= 11 is 5.74. The zero-order chi connectivity index (χ0) is 19.2. The Kier molecular flexibility index (Phi) is 4.48. The minimum atomic E-state index is -4.85. The molecule has 0 bridgehead atoms. The lowest BCUT2D eigenvalue weighted by Gasteiger charge is -2.17. The number of alkyl halides is 6. The summed E-state index contributed by atoms with van der Waals surface area (Å²) in [6.45, 7) is 0. The zero-order valence-electron chi connectivity index (χ0n) is 11.8. The van der Waals surface area contributed by atoms with Crippen molar-refractivity contribution in [2.24, 2.45) is 0 Å². The van der Waals surface area contributed by atoms with Crippen molar-refractivity contribution < 1.29 is 26.3 Å². The van der Waals surface area contributed by atoms with Crippen LogP contribution in [0.15, 0.2) is 29.1 Å². The first-order chi connectivity index (χ1) is 11.4. The molecule has 0 saturated heterocycles. The molecule has 0 aliphatic heterocycles. The molecule has 0 saturated carbocycles. The summed E-state index contributed by atoms with van der Waals surface area (Å²) in [5.74, 6) is -0.738. The van der Waals surface area contributed by atoms with Crippen molar-refractivity contribution in [1.82, 2.24) is 4.57 Å².